The third-order valence-corrected chi connectivity index (χ3v) is 7.59. The quantitative estimate of drug-likeness (QED) is 0.136. The van der Waals surface area contributed by atoms with Gasteiger partial charge in [0.05, 0.1) is 27.5 Å². The first kappa shape index (κ1) is 31.2. The molecule has 0 heterocycles. The number of rotatable bonds is 11. The third kappa shape index (κ3) is 7.83. The summed E-state index contributed by atoms with van der Waals surface area (Å²) in [5.74, 6) is -3.29. The molecule has 11 heteroatoms. The summed E-state index contributed by atoms with van der Waals surface area (Å²) in [6.07, 6.45) is 3.14. The maximum atomic E-state index is 13.3. The molecule has 4 atom stereocenters. The molecule has 1 aromatic carbocycles. The van der Waals surface area contributed by atoms with Crippen molar-refractivity contribution < 1.29 is 62.0 Å². The zero-order valence-corrected chi connectivity index (χ0v) is 23.0. The standard InChI is InChI=1S/C23H36N2O7S.Na/c1-15(2)13-18(24)21(26)23(28,22(27)32-14-16-9-5-3-6-10-16)20(25)19(33(29,30)31)17-11-7-4-8-12-17;/h3,5-6,9-10,15,17-20,28H,4,7-8,11-14,24-25H2,1-2H3,(H,29,30,31);/q;+1/p-1/t18-,19?,20?,23?;/m0./s1. The van der Waals surface area contributed by atoms with E-state index in [2.05, 4.69) is 0 Å². The van der Waals surface area contributed by atoms with Gasteiger partial charge in [0.2, 0.25) is 5.60 Å². The Bertz CT molecular complexity index is 907. The van der Waals surface area contributed by atoms with Gasteiger partial charge >= 0.3 is 35.5 Å². The molecule has 2 rings (SSSR count). The number of hydrogen-bond donors (Lipinski definition) is 3. The summed E-state index contributed by atoms with van der Waals surface area (Å²) in [6, 6.07) is 5.22. The number of carbonyl (C=O) groups is 2. The Hall–Kier alpha value is -0.850. The summed E-state index contributed by atoms with van der Waals surface area (Å²) in [6.45, 7) is 3.32. The van der Waals surface area contributed by atoms with E-state index in [1.807, 2.05) is 0 Å². The Morgan fingerprint density at radius 2 is 1.71 bits per heavy atom. The van der Waals surface area contributed by atoms with Crippen LogP contribution in [-0.2, 0) is 31.1 Å². The first-order chi connectivity index (χ1) is 15.4. The maximum absolute atomic E-state index is 13.3. The van der Waals surface area contributed by atoms with E-state index in [4.69, 9.17) is 16.2 Å². The van der Waals surface area contributed by atoms with Crippen molar-refractivity contribution in [3.63, 3.8) is 0 Å². The zero-order chi connectivity index (χ0) is 24.8. The number of ether oxygens (including phenoxy) is 1. The molecule has 34 heavy (non-hydrogen) atoms. The van der Waals surface area contributed by atoms with Crippen LogP contribution < -0.4 is 41.0 Å². The summed E-state index contributed by atoms with van der Waals surface area (Å²) in [5, 5.41) is 9.58. The fourth-order valence-electron chi connectivity index (χ4n) is 4.54. The summed E-state index contributed by atoms with van der Waals surface area (Å²) in [7, 11) is -5.07. The second-order valence-corrected chi connectivity index (χ2v) is 10.8. The molecule has 3 unspecified atom stereocenters. The van der Waals surface area contributed by atoms with Gasteiger partial charge in [-0.3, -0.25) is 4.79 Å². The SMILES string of the molecule is CC(C)C[C@H](N)C(=O)C(O)(C(=O)OCc1ccccc1)C(N)C(C1CCCCC1)S(=O)(=O)[O-].[Na+]. The first-order valence-electron chi connectivity index (χ1n) is 11.3. The van der Waals surface area contributed by atoms with Crippen molar-refractivity contribution in [2.45, 2.75) is 81.9 Å². The van der Waals surface area contributed by atoms with E-state index in [9.17, 15) is 27.7 Å². The van der Waals surface area contributed by atoms with Crippen LogP contribution in [0.3, 0.4) is 0 Å². The van der Waals surface area contributed by atoms with E-state index in [1.165, 1.54) is 0 Å². The molecule has 0 radical (unpaired) electrons. The van der Waals surface area contributed by atoms with E-state index in [0.717, 1.165) is 6.42 Å². The van der Waals surface area contributed by atoms with E-state index in [1.54, 1.807) is 44.2 Å². The van der Waals surface area contributed by atoms with Gasteiger partial charge in [-0.2, -0.15) is 0 Å². The fraction of sp³-hybridized carbons (Fsp3) is 0.652. The molecule has 0 saturated heterocycles. The largest absolute Gasteiger partial charge is 1.00 e. The van der Waals surface area contributed by atoms with Gasteiger partial charge in [-0.05, 0) is 36.7 Å². The van der Waals surface area contributed by atoms with Gasteiger partial charge in [-0.25, -0.2) is 13.2 Å². The normalized spacial score (nSPS) is 19.4. The van der Waals surface area contributed by atoms with Crippen molar-refractivity contribution in [1.29, 1.82) is 0 Å². The Morgan fingerprint density at radius 3 is 2.21 bits per heavy atom. The molecule has 1 aliphatic rings. The number of ketones is 1. The zero-order valence-electron chi connectivity index (χ0n) is 20.2. The minimum atomic E-state index is -5.07. The van der Waals surface area contributed by atoms with Crippen LogP contribution in [-0.4, -0.2) is 52.8 Å². The number of nitrogens with two attached hydrogens (primary N) is 2. The van der Waals surface area contributed by atoms with Gasteiger partial charge in [0.1, 0.15) is 6.61 Å². The molecule has 0 amide bonds. The second-order valence-electron chi connectivity index (χ2n) is 9.31. The van der Waals surface area contributed by atoms with E-state index in [-0.39, 0.29) is 48.5 Å². The van der Waals surface area contributed by atoms with Crippen molar-refractivity contribution in [1.82, 2.24) is 0 Å². The predicted molar refractivity (Wildman–Crippen MR) is 122 cm³/mol. The van der Waals surface area contributed by atoms with Crippen molar-refractivity contribution in [3.8, 4) is 0 Å². The monoisotopic (exact) mass is 506 g/mol. The molecule has 1 aromatic rings. The second kappa shape index (κ2) is 13.5. The minimum Gasteiger partial charge on any atom is -0.748 e. The molecule has 0 spiro atoms. The van der Waals surface area contributed by atoms with Crippen LogP contribution >= 0.6 is 0 Å². The van der Waals surface area contributed by atoms with Crippen LogP contribution in [0.2, 0.25) is 0 Å². The topological polar surface area (TPSA) is 173 Å². The average Bonchev–Trinajstić information content (AvgIpc) is 2.76. The number of carbonyl (C=O) groups excluding carboxylic acids is 2. The Kier molecular flexibility index (Phi) is 12.3. The summed E-state index contributed by atoms with van der Waals surface area (Å²) < 4.78 is 41.9. The van der Waals surface area contributed by atoms with Crippen LogP contribution in [0.5, 0.6) is 0 Å². The van der Waals surface area contributed by atoms with Crippen LogP contribution in [0.1, 0.15) is 57.9 Å². The Balaban J connectivity index is 0.00000578. The number of aliphatic hydroxyl groups is 1. The van der Waals surface area contributed by atoms with Crippen LogP contribution in [0.4, 0.5) is 0 Å². The Labute approximate surface area is 224 Å². The van der Waals surface area contributed by atoms with Gasteiger partial charge in [0, 0.05) is 0 Å². The molecule has 1 fully saturated rings. The predicted octanol–water partition coefficient (Wildman–Crippen LogP) is -1.77. The number of esters is 1. The minimum absolute atomic E-state index is 0. The first-order valence-corrected chi connectivity index (χ1v) is 12.8. The molecule has 1 saturated carbocycles. The maximum Gasteiger partial charge on any atom is 1.00 e. The molecule has 5 N–H and O–H groups in total. The van der Waals surface area contributed by atoms with Gasteiger partial charge in [-0.15, -0.1) is 0 Å². The number of hydrogen-bond acceptors (Lipinski definition) is 9. The molecule has 0 bridgehead atoms. The summed E-state index contributed by atoms with van der Waals surface area (Å²) in [4.78, 5) is 26.4. The van der Waals surface area contributed by atoms with Gasteiger partial charge < -0.3 is 25.9 Å². The summed E-state index contributed by atoms with van der Waals surface area (Å²) >= 11 is 0. The van der Waals surface area contributed by atoms with Crippen molar-refractivity contribution in [2.24, 2.45) is 23.3 Å². The number of benzene rings is 1. The number of Topliss-reactive ketones (excluding diaryl/α,β-unsaturated/α-hetero) is 1. The van der Waals surface area contributed by atoms with Gasteiger partial charge in [-0.1, -0.05) is 63.4 Å². The van der Waals surface area contributed by atoms with E-state index < -0.39 is 50.7 Å². The van der Waals surface area contributed by atoms with Gasteiger partial charge in [0.15, 0.2) is 5.78 Å². The third-order valence-electron chi connectivity index (χ3n) is 6.25. The molecular formula is C23H35N2NaO7S. The van der Waals surface area contributed by atoms with Crippen LogP contribution in [0, 0.1) is 11.8 Å². The van der Waals surface area contributed by atoms with Crippen LogP contribution in [0.15, 0.2) is 30.3 Å². The fourth-order valence-corrected chi connectivity index (χ4v) is 5.84. The molecule has 9 nitrogen and oxygen atoms in total. The van der Waals surface area contributed by atoms with Crippen molar-refractivity contribution in [2.75, 3.05) is 0 Å². The van der Waals surface area contributed by atoms with E-state index in [0.29, 0.717) is 31.2 Å². The van der Waals surface area contributed by atoms with Gasteiger partial charge in [0.25, 0.3) is 0 Å². The molecule has 186 valence electrons. The van der Waals surface area contributed by atoms with Crippen molar-refractivity contribution in [3.05, 3.63) is 35.9 Å². The average molecular weight is 507 g/mol. The van der Waals surface area contributed by atoms with E-state index >= 15 is 0 Å². The molecule has 1 aliphatic carbocycles. The molecular weight excluding hydrogens is 471 g/mol. The van der Waals surface area contributed by atoms with Crippen LogP contribution in [0.25, 0.3) is 0 Å². The molecule has 0 aromatic heterocycles. The Morgan fingerprint density at radius 1 is 1.15 bits per heavy atom. The smallest absolute Gasteiger partial charge is 0.748 e. The van der Waals surface area contributed by atoms with Crippen molar-refractivity contribution >= 4 is 21.9 Å². The summed E-state index contributed by atoms with van der Waals surface area (Å²) in [5.41, 5.74) is 9.62. The molecule has 0 aliphatic heterocycles.